The van der Waals surface area contributed by atoms with Gasteiger partial charge in [-0.15, -0.1) is 12.4 Å². The molecule has 1 atom stereocenters. The lowest BCUT2D eigenvalue weighted by atomic mass is 10.0. The maximum absolute atomic E-state index is 13.8. The molecule has 0 bridgehead atoms. The van der Waals surface area contributed by atoms with Crippen LogP contribution in [0.2, 0.25) is 0 Å². The fourth-order valence-electron chi connectivity index (χ4n) is 4.55. The number of amides is 1. The van der Waals surface area contributed by atoms with Crippen molar-refractivity contribution in [1.29, 1.82) is 0 Å². The Labute approximate surface area is 231 Å². The largest absolute Gasteiger partial charge is 0.349 e. The third kappa shape index (κ3) is 5.98. The van der Waals surface area contributed by atoms with Gasteiger partial charge in [-0.05, 0) is 72.9 Å². The predicted molar refractivity (Wildman–Crippen MR) is 154 cm³/mol. The van der Waals surface area contributed by atoms with Gasteiger partial charge in [-0.25, -0.2) is 4.79 Å². The van der Waals surface area contributed by atoms with Crippen molar-refractivity contribution in [2.24, 2.45) is 5.73 Å². The van der Waals surface area contributed by atoms with Crippen LogP contribution in [0.15, 0.2) is 69.9 Å². The molecule has 2 N–H and O–H groups in total. The van der Waals surface area contributed by atoms with E-state index in [4.69, 9.17) is 5.73 Å². The summed E-state index contributed by atoms with van der Waals surface area (Å²) in [5.74, 6) is -0.0716. The van der Waals surface area contributed by atoms with Crippen LogP contribution in [0.1, 0.15) is 58.7 Å². The van der Waals surface area contributed by atoms with Crippen LogP contribution >= 0.6 is 28.3 Å². The molecule has 2 aromatic carbocycles. The number of carbonyl (C=O) groups excluding carboxylic acids is 1. The van der Waals surface area contributed by atoms with Crippen LogP contribution in [0.25, 0.3) is 5.52 Å². The fourth-order valence-corrected chi connectivity index (χ4v) is 4.91. The Morgan fingerprint density at radius 2 is 1.78 bits per heavy atom. The first kappa shape index (κ1) is 28.6. The van der Waals surface area contributed by atoms with E-state index < -0.39 is 0 Å². The molecule has 4 rings (SSSR count). The molecule has 0 aliphatic rings. The number of nitrogens with two attached hydrogens (primary N) is 1. The van der Waals surface area contributed by atoms with Crippen LogP contribution in [0.3, 0.4) is 0 Å². The van der Waals surface area contributed by atoms with E-state index in [1.54, 1.807) is 4.57 Å². The molecule has 2 heterocycles. The minimum Gasteiger partial charge on any atom is -0.330 e. The Morgan fingerprint density at radius 3 is 2.41 bits per heavy atom. The van der Waals surface area contributed by atoms with Gasteiger partial charge in [0.2, 0.25) is 0 Å². The molecule has 0 radical (unpaired) electrons. The quantitative estimate of drug-likeness (QED) is 0.289. The number of hydrogen-bond acceptors (Lipinski definition) is 4. The van der Waals surface area contributed by atoms with Crippen LogP contribution in [0.4, 0.5) is 0 Å². The average Bonchev–Trinajstić information content (AvgIpc) is 3.18. The molecule has 0 saturated heterocycles. The molecule has 7 nitrogen and oxygen atoms in total. The van der Waals surface area contributed by atoms with Crippen LogP contribution in [-0.4, -0.2) is 38.1 Å². The second kappa shape index (κ2) is 12.5. The summed E-state index contributed by atoms with van der Waals surface area (Å²) in [5, 5.41) is 4.47. The first-order chi connectivity index (χ1) is 17.3. The number of halogens is 2. The Kier molecular flexibility index (Phi) is 9.70. The Hall–Kier alpha value is -2.94. The van der Waals surface area contributed by atoms with E-state index in [2.05, 4.69) is 21.0 Å². The second-order valence-corrected chi connectivity index (χ2v) is 9.84. The van der Waals surface area contributed by atoms with Crippen LogP contribution in [0, 0.1) is 13.8 Å². The van der Waals surface area contributed by atoms with E-state index in [1.165, 1.54) is 4.52 Å². The van der Waals surface area contributed by atoms with Gasteiger partial charge < -0.3 is 10.6 Å². The smallest absolute Gasteiger partial charge is 0.330 e. The molecule has 1 amide bonds. The fraction of sp³-hybridized carbons (Fsp3) is 0.321. The Balaban J connectivity index is 0.00000380. The minimum atomic E-state index is -0.325. The molecule has 0 unspecified atom stereocenters. The summed E-state index contributed by atoms with van der Waals surface area (Å²) in [6.45, 7) is 7.24. The van der Waals surface area contributed by atoms with Crippen LogP contribution < -0.4 is 11.4 Å². The summed E-state index contributed by atoms with van der Waals surface area (Å²) < 4.78 is 3.96. The normalized spacial score (nSPS) is 11.8. The van der Waals surface area contributed by atoms with Crippen molar-refractivity contribution >= 4 is 39.8 Å². The molecule has 2 aromatic heterocycles. The summed E-state index contributed by atoms with van der Waals surface area (Å²) in [7, 11) is 0. The van der Waals surface area contributed by atoms with Crippen molar-refractivity contribution in [2.45, 2.75) is 46.2 Å². The zero-order valence-corrected chi connectivity index (χ0v) is 23.8. The lowest BCUT2D eigenvalue weighted by Gasteiger charge is -2.33. The minimum absolute atomic E-state index is 0. The van der Waals surface area contributed by atoms with E-state index in [9.17, 15) is 9.59 Å². The first-order valence-electron chi connectivity index (χ1n) is 12.3. The Morgan fingerprint density at radius 1 is 1.11 bits per heavy atom. The Bertz CT molecular complexity index is 1420. The molecule has 9 heteroatoms. The van der Waals surface area contributed by atoms with Gasteiger partial charge in [0.05, 0.1) is 28.3 Å². The third-order valence-corrected chi connectivity index (χ3v) is 7.46. The average molecular weight is 587 g/mol. The van der Waals surface area contributed by atoms with E-state index in [0.29, 0.717) is 43.6 Å². The molecule has 0 aliphatic heterocycles. The van der Waals surface area contributed by atoms with Crippen molar-refractivity contribution in [3.63, 3.8) is 0 Å². The highest BCUT2D eigenvalue weighted by Crippen LogP contribution is 2.30. The lowest BCUT2D eigenvalue weighted by molar-refractivity contribution is 0.0660. The van der Waals surface area contributed by atoms with Gasteiger partial charge in [0.1, 0.15) is 0 Å². The van der Waals surface area contributed by atoms with Gasteiger partial charge >= 0.3 is 5.69 Å². The first-order valence-corrected chi connectivity index (χ1v) is 13.0. The second-order valence-electron chi connectivity index (χ2n) is 9.05. The van der Waals surface area contributed by atoms with E-state index in [0.717, 1.165) is 27.0 Å². The maximum Gasteiger partial charge on any atom is 0.349 e. The summed E-state index contributed by atoms with van der Waals surface area (Å²) in [6, 6.07) is 19.1. The van der Waals surface area contributed by atoms with Crippen LogP contribution in [-0.2, 0) is 6.54 Å². The zero-order chi connectivity index (χ0) is 25.8. The number of nitrogens with zero attached hydrogens (tertiary/aromatic N) is 4. The van der Waals surface area contributed by atoms with Gasteiger partial charge in [0, 0.05) is 17.8 Å². The highest BCUT2D eigenvalue weighted by atomic mass is 79.9. The maximum atomic E-state index is 13.8. The predicted octanol–water partition coefficient (Wildman–Crippen LogP) is 5.29. The number of carbonyl (C=O) groups is 1. The molecule has 0 aliphatic carbocycles. The molecule has 37 heavy (non-hydrogen) atoms. The van der Waals surface area contributed by atoms with Gasteiger partial charge in [-0.2, -0.15) is 9.61 Å². The van der Waals surface area contributed by atoms with Crippen molar-refractivity contribution in [3.8, 4) is 0 Å². The van der Waals surface area contributed by atoms with E-state index in [-0.39, 0.29) is 30.0 Å². The SMILES string of the molecule is CC[C@H](c1cc2c(Br)c(C)nn2c(=O)n1Cc1ccccc1)N(CCCN)C(=O)c1ccc(C)cc1.Cl. The molecule has 0 spiro atoms. The zero-order valence-electron chi connectivity index (χ0n) is 21.4. The van der Waals surface area contributed by atoms with Crippen molar-refractivity contribution in [1.82, 2.24) is 19.1 Å². The van der Waals surface area contributed by atoms with Crippen molar-refractivity contribution in [3.05, 3.63) is 104 Å². The molecule has 196 valence electrons. The number of hydrogen-bond donors (Lipinski definition) is 1. The van der Waals surface area contributed by atoms with Gasteiger partial charge in [0.25, 0.3) is 5.91 Å². The molecular formula is C28H33BrClN5O2. The summed E-state index contributed by atoms with van der Waals surface area (Å²) in [4.78, 5) is 29.4. The monoisotopic (exact) mass is 585 g/mol. The third-order valence-electron chi connectivity index (χ3n) is 6.48. The molecular weight excluding hydrogens is 554 g/mol. The molecule has 0 saturated carbocycles. The number of rotatable bonds is 9. The standard InChI is InChI=1S/C28H32BrN5O2.ClH/c1-4-23(32(16-8-15-30)27(35)22-13-11-19(2)12-14-22)24-17-25-26(29)20(3)31-34(25)28(36)33(24)18-21-9-6-5-7-10-21;/h5-7,9-14,17,23H,4,8,15-16,18,30H2,1-3H3;1H/t23-;/m1./s1. The van der Waals surface area contributed by atoms with E-state index >= 15 is 0 Å². The highest BCUT2D eigenvalue weighted by Gasteiger charge is 2.29. The van der Waals surface area contributed by atoms with Gasteiger partial charge in [-0.1, -0.05) is 55.0 Å². The molecule has 4 aromatic rings. The summed E-state index contributed by atoms with van der Waals surface area (Å²) in [5.41, 5.74) is 10.5. The summed E-state index contributed by atoms with van der Waals surface area (Å²) >= 11 is 3.60. The summed E-state index contributed by atoms with van der Waals surface area (Å²) in [6.07, 6.45) is 1.30. The van der Waals surface area contributed by atoms with Crippen molar-refractivity contribution in [2.75, 3.05) is 13.1 Å². The molecule has 0 fully saturated rings. The van der Waals surface area contributed by atoms with E-state index in [1.807, 2.05) is 86.3 Å². The number of fused-ring (bicyclic) bond motifs is 1. The van der Waals surface area contributed by atoms with Crippen LogP contribution in [0.5, 0.6) is 0 Å². The number of benzene rings is 2. The van der Waals surface area contributed by atoms with Gasteiger partial charge in [-0.3, -0.25) is 9.36 Å². The lowest BCUT2D eigenvalue weighted by Crippen LogP contribution is -2.40. The number of aromatic nitrogens is 3. The highest BCUT2D eigenvalue weighted by molar-refractivity contribution is 9.10. The number of aryl methyl sites for hydroxylation is 2. The topological polar surface area (TPSA) is 85.6 Å². The van der Waals surface area contributed by atoms with Gasteiger partial charge in [0.15, 0.2) is 0 Å². The van der Waals surface area contributed by atoms with Crippen molar-refractivity contribution < 1.29 is 4.79 Å².